The van der Waals surface area contributed by atoms with Gasteiger partial charge in [0.25, 0.3) is 0 Å². The van der Waals surface area contributed by atoms with Crippen LogP contribution >= 0.6 is 11.6 Å². The molecule has 0 spiro atoms. The number of rotatable bonds is 6. The maximum Gasteiger partial charge on any atom is 0.216 e. The Hall–Kier alpha value is -1.05. The van der Waals surface area contributed by atoms with Gasteiger partial charge in [-0.05, 0) is 6.92 Å². The molecule has 1 heterocycles. The smallest absolute Gasteiger partial charge is 0.216 e. The normalized spacial score (nSPS) is 11.6. The van der Waals surface area contributed by atoms with E-state index >= 15 is 0 Å². The molecular weight excluding hydrogens is 278 g/mol. The van der Waals surface area contributed by atoms with Crippen LogP contribution in [0.3, 0.4) is 0 Å². The van der Waals surface area contributed by atoms with Crippen LogP contribution in [0.1, 0.15) is 11.3 Å². The second-order valence-corrected chi connectivity index (χ2v) is 6.14. The summed E-state index contributed by atoms with van der Waals surface area (Å²) in [5.74, 6) is 0.218. The average molecular weight is 294 g/mol. The van der Waals surface area contributed by atoms with Crippen molar-refractivity contribution >= 4 is 21.6 Å². The number of sulfonamides is 1. The van der Waals surface area contributed by atoms with Gasteiger partial charge in [-0.25, -0.2) is 17.8 Å². The lowest BCUT2D eigenvalue weighted by atomic mass is 10.2. The molecular formula is C10H16ClN3O3S. The number of aryl methyl sites for hydroxylation is 2. The molecule has 0 saturated carbocycles. The minimum Gasteiger partial charge on any atom is -0.481 e. The standard InChI is InChI=1S/C10H16ClN3O3S/c1-7(11)6-18(15,16)12-5-9-8(2)13-14(3)10(9)17-4/h12H,1,5-6H2,2-4H3. The highest BCUT2D eigenvalue weighted by Crippen LogP contribution is 2.20. The summed E-state index contributed by atoms with van der Waals surface area (Å²) in [6.07, 6.45) is 0. The Balaban J connectivity index is 2.84. The fourth-order valence-electron chi connectivity index (χ4n) is 1.58. The monoisotopic (exact) mass is 293 g/mol. The molecule has 18 heavy (non-hydrogen) atoms. The fourth-order valence-corrected chi connectivity index (χ4v) is 2.89. The van der Waals surface area contributed by atoms with Crippen LogP contribution in [-0.2, 0) is 23.6 Å². The van der Waals surface area contributed by atoms with Crippen molar-refractivity contribution in [1.82, 2.24) is 14.5 Å². The Morgan fingerprint density at radius 3 is 2.72 bits per heavy atom. The van der Waals surface area contributed by atoms with Gasteiger partial charge in [0.15, 0.2) is 0 Å². The number of hydrogen-bond acceptors (Lipinski definition) is 4. The Morgan fingerprint density at radius 2 is 2.22 bits per heavy atom. The van der Waals surface area contributed by atoms with Gasteiger partial charge in [0.2, 0.25) is 15.9 Å². The van der Waals surface area contributed by atoms with E-state index in [-0.39, 0.29) is 17.3 Å². The van der Waals surface area contributed by atoms with Crippen molar-refractivity contribution in [1.29, 1.82) is 0 Å². The summed E-state index contributed by atoms with van der Waals surface area (Å²) in [4.78, 5) is 0. The molecule has 0 bridgehead atoms. The van der Waals surface area contributed by atoms with Gasteiger partial charge in [-0.3, -0.25) is 0 Å². The maximum absolute atomic E-state index is 11.6. The van der Waals surface area contributed by atoms with Crippen LogP contribution in [0.4, 0.5) is 0 Å². The summed E-state index contributed by atoms with van der Waals surface area (Å²) in [6, 6.07) is 0. The molecule has 6 nitrogen and oxygen atoms in total. The molecule has 0 fully saturated rings. The quantitative estimate of drug-likeness (QED) is 0.846. The summed E-state index contributed by atoms with van der Waals surface area (Å²) < 4.78 is 32.4. The van der Waals surface area contributed by atoms with Crippen molar-refractivity contribution in [3.8, 4) is 5.88 Å². The van der Waals surface area contributed by atoms with Gasteiger partial charge in [-0.2, -0.15) is 5.10 Å². The van der Waals surface area contributed by atoms with Crippen molar-refractivity contribution in [3.05, 3.63) is 22.9 Å². The van der Waals surface area contributed by atoms with Crippen molar-refractivity contribution < 1.29 is 13.2 Å². The van der Waals surface area contributed by atoms with Crippen LogP contribution in [0.25, 0.3) is 0 Å². The number of nitrogens with zero attached hydrogens (tertiary/aromatic N) is 2. The highest BCUT2D eigenvalue weighted by Gasteiger charge is 2.17. The Morgan fingerprint density at radius 1 is 1.61 bits per heavy atom. The number of halogens is 1. The molecule has 0 aliphatic carbocycles. The SMILES string of the molecule is C=C(Cl)CS(=O)(=O)NCc1c(C)nn(C)c1OC. The molecule has 0 aliphatic heterocycles. The van der Waals surface area contributed by atoms with E-state index in [1.807, 2.05) is 0 Å². The zero-order valence-electron chi connectivity index (χ0n) is 10.5. The van der Waals surface area contributed by atoms with E-state index in [1.54, 1.807) is 18.7 Å². The molecule has 0 saturated heterocycles. The molecule has 0 aliphatic rings. The zero-order valence-corrected chi connectivity index (χ0v) is 12.1. The van der Waals surface area contributed by atoms with Crippen LogP contribution in [0.15, 0.2) is 11.6 Å². The highest BCUT2D eigenvalue weighted by molar-refractivity contribution is 7.89. The summed E-state index contributed by atoms with van der Waals surface area (Å²) in [5.41, 5.74) is 1.41. The van der Waals surface area contributed by atoms with Gasteiger partial charge in [-0.15, -0.1) is 0 Å². The lowest BCUT2D eigenvalue weighted by Gasteiger charge is -2.07. The molecule has 1 N–H and O–H groups in total. The van der Waals surface area contributed by atoms with Crippen LogP contribution in [-0.4, -0.2) is 31.1 Å². The van der Waals surface area contributed by atoms with Gasteiger partial charge in [-0.1, -0.05) is 18.2 Å². The lowest BCUT2D eigenvalue weighted by Crippen LogP contribution is -2.26. The first-order chi connectivity index (χ1) is 8.26. The minimum absolute atomic E-state index is 0.0670. The molecule has 1 aromatic rings. The van der Waals surface area contributed by atoms with Crippen LogP contribution in [0, 0.1) is 6.92 Å². The predicted molar refractivity (Wildman–Crippen MR) is 70.1 cm³/mol. The average Bonchev–Trinajstić information content (AvgIpc) is 2.47. The number of ether oxygens (including phenoxy) is 1. The summed E-state index contributed by atoms with van der Waals surface area (Å²) in [6.45, 7) is 5.25. The first kappa shape index (κ1) is 15.0. The molecule has 1 rings (SSSR count). The van der Waals surface area contributed by atoms with E-state index in [0.29, 0.717) is 17.1 Å². The van der Waals surface area contributed by atoms with Crippen molar-refractivity contribution in [2.24, 2.45) is 7.05 Å². The molecule has 8 heteroatoms. The van der Waals surface area contributed by atoms with Crippen LogP contribution in [0.2, 0.25) is 0 Å². The van der Waals surface area contributed by atoms with Crippen molar-refractivity contribution in [3.63, 3.8) is 0 Å². The fraction of sp³-hybridized carbons (Fsp3) is 0.500. The lowest BCUT2D eigenvalue weighted by molar-refractivity contribution is 0.369. The summed E-state index contributed by atoms with van der Waals surface area (Å²) in [7, 11) is -0.250. The molecule has 0 amide bonds. The summed E-state index contributed by atoms with van der Waals surface area (Å²) in [5, 5.41) is 4.22. The topological polar surface area (TPSA) is 73.2 Å². The second kappa shape index (κ2) is 5.73. The largest absolute Gasteiger partial charge is 0.481 e. The van der Waals surface area contributed by atoms with Gasteiger partial charge in [0.05, 0.1) is 24.1 Å². The van der Waals surface area contributed by atoms with E-state index in [2.05, 4.69) is 16.4 Å². The van der Waals surface area contributed by atoms with Gasteiger partial charge < -0.3 is 4.74 Å². The molecule has 0 unspecified atom stereocenters. The maximum atomic E-state index is 11.6. The highest BCUT2D eigenvalue weighted by atomic mass is 35.5. The van der Waals surface area contributed by atoms with Gasteiger partial charge in [0, 0.05) is 18.6 Å². The second-order valence-electron chi connectivity index (χ2n) is 3.79. The first-order valence-corrected chi connectivity index (χ1v) is 7.17. The number of aromatic nitrogens is 2. The van der Waals surface area contributed by atoms with E-state index in [1.165, 1.54) is 7.11 Å². The van der Waals surface area contributed by atoms with Crippen LogP contribution < -0.4 is 9.46 Å². The third-order valence-electron chi connectivity index (χ3n) is 2.30. The zero-order chi connectivity index (χ0) is 13.9. The van der Waals surface area contributed by atoms with E-state index in [9.17, 15) is 8.42 Å². The third-order valence-corrected chi connectivity index (χ3v) is 3.90. The molecule has 102 valence electrons. The Bertz CT molecular complexity index is 551. The third kappa shape index (κ3) is 3.72. The number of hydrogen-bond donors (Lipinski definition) is 1. The number of nitrogens with one attached hydrogen (secondary N) is 1. The van der Waals surface area contributed by atoms with E-state index in [4.69, 9.17) is 16.3 Å². The summed E-state index contributed by atoms with van der Waals surface area (Å²) >= 11 is 5.48. The number of methoxy groups -OCH3 is 1. The van der Waals surface area contributed by atoms with Crippen molar-refractivity contribution in [2.75, 3.05) is 12.9 Å². The van der Waals surface area contributed by atoms with Gasteiger partial charge >= 0.3 is 0 Å². The Labute approximate surface area is 112 Å². The molecule has 0 radical (unpaired) electrons. The van der Waals surface area contributed by atoms with E-state index in [0.717, 1.165) is 0 Å². The predicted octanol–water partition coefficient (Wildman–Crippen LogP) is 0.909. The molecule has 0 atom stereocenters. The van der Waals surface area contributed by atoms with Crippen molar-refractivity contribution in [2.45, 2.75) is 13.5 Å². The molecule has 0 aromatic carbocycles. The van der Waals surface area contributed by atoms with Crippen LogP contribution in [0.5, 0.6) is 5.88 Å². The Kier molecular flexibility index (Phi) is 4.78. The minimum atomic E-state index is -3.49. The first-order valence-electron chi connectivity index (χ1n) is 5.14. The van der Waals surface area contributed by atoms with E-state index < -0.39 is 10.0 Å². The van der Waals surface area contributed by atoms with Gasteiger partial charge in [0.1, 0.15) is 0 Å². The molecule has 1 aromatic heterocycles.